The van der Waals surface area contributed by atoms with Crippen molar-refractivity contribution in [3.8, 4) is 5.75 Å². The molecule has 3 heteroatoms. The quantitative estimate of drug-likeness (QED) is 0.845. The molecule has 2 rings (SSSR count). The molecule has 2 aromatic rings. The monoisotopic (exact) mass is 245 g/mol. The van der Waals surface area contributed by atoms with E-state index in [4.69, 9.17) is 9.15 Å². The van der Waals surface area contributed by atoms with E-state index < -0.39 is 0 Å². The van der Waals surface area contributed by atoms with Crippen LogP contribution in [0.5, 0.6) is 5.75 Å². The topological polar surface area (TPSA) is 34.4 Å². The van der Waals surface area contributed by atoms with Gasteiger partial charge in [0.15, 0.2) is 0 Å². The van der Waals surface area contributed by atoms with E-state index in [2.05, 4.69) is 24.4 Å². The van der Waals surface area contributed by atoms with E-state index in [0.717, 1.165) is 18.1 Å². The van der Waals surface area contributed by atoms with Gasteiger partial charge in [0.05, 0.1) is 18.9 Å². The Morgan fingerprint density at radius 2 is 2.00 bits per heavy atom. The summed E-state index contributed by atoms with van der Waals surface area (Å²) in [5.41, 5.74) is 1.23. The molecule has 0 spiro atoms. The third-order valence-corrected chi connectivity index (χ3v) is 2.82. The maximum atomic E-state index is 5.41. The molecule has 18 heavy (non-hydrogen) atoms. The van der Waals surface area contributed by atoms with Gasteiger partial charge in [-0.1, -0.05) is 12.1 Å². The second-order valence-electron chi connectivity index (χ2n) is 4.19. The summed E-state index contributed by atoms with van der Waals surface area (Å²) < 4.78 is 10.8. The Kier molecular flexibility index (Phi) is 4.42. The molecular formula is C15H19NO2. The molecule has 0 fully saturated rings. The van der Waals surface area contributed by atoms with E-state index in [1.54, 1.807) is 6.26 Å². The molecule has 1 heterocycles. The van der Waals surface area contributed by atoms with Gasteiger partial charge in [-0.15, -0.1) is 0 Å². The van der Waals surface area contributed by atoms with Gasteiger partial charge >= 0.3 is 0 Å². The Morgan fingerprint density at radius 1 is 1.22 bits per heavy atom. The lowest BCUT2D eigenvalue weighted by Gasteiger charge is -2.11. The number of hydrogen-bond acceptors (Lipinski definition) is 3. The molecule has 0 saturated carbocycles. The van der Waals surface area contributed by atoms with Crippen LogP contribution in [0.3, 0.4) is 0 Å². The minimum Gasteiger partial charge on any atom is -0.494 e. The van der Waals surface area contributed by atoms with Crippen molar-refractivity contribution in [1.82, 2.24) is 5.32 Å². The fraction of sp³-hybridized carbons (Fsp3) is 0.333. The van der Waals surface area contributed by atoms with Crippen molar-refractivity contribution >= 4 is 0 Å². The molecule has 0 saturated heterocycles. The Balaban J connectivity index is 1.86. The standard InChI is InChI=1S/C15H19NO2/c1-3-17-14-8-6-13(7-9-14)11-16-12(2)15-5-4-10-18-15/h4-10,12,16H,3,11H2,1-2H3/t12-/m0/s1. The lowest BCUT2D eigenvalue weighted by atomic mass is 10.2. The summed E-state index contributed by atoms with van der Waals surface area (Å²) in [7, 11) is 0. The van der Waals surface area contributed by atoms with Gasteiger partial charge in [-0.25, -0.2) is 0 Å². The van der Waals surface area contributed by atoms with Crippen molar-refractivity contribution < 1.29 is 9.15 Å². The van der Waals surface area contributed by atoms with Crippen molar-refractivity contribution in [1.29, 1.82) is 0 Å². The third-order valence-electron chi connectivity index (χ3n) is 2.82. The summed E-state index contributed by atoms with van der Waals surface area (Å²) in [6.07, 6.45) is 1.70. The second-order valence-corrected chi connectivity index (χ2v) is 4.19. The Hall–Kier alpha value is -1.74. The number of furan rings is 1. The fourth-order valence-electron chi connectivity index (χ4n) is 1.78. The number of rotatable bonds is 6. The first-order valence-corrected chi connectivity index (χ1v) is 6.28. The molecule has 1 aromatic heterocycles. The van der Waals surface area contributed by atoms with Gasteiger partial charge in [-0.05, 0) is 43.7 Å². The summed E-state index contributed by atoms with van der Waals surface area (Å²) in [5.74, 6) is 1.88. The van der Waals surface area contributed by atoms with E-state index in [1.165, 1.54) is 5.56 Å². The molecule has 0 aliphatic rings. The molecule has 1 atom stereocenters. The SMILES string of the molecule is CCOc1ccc(CN[C@@H](C)c2ccco2)cc1. The van der Waals surface area contributed by atoms with Crippen molar-refractivity contribution in [2.45, 2.75) is 26.4 Å². The van der Waals surface area contributed by atoms with Gasteiger partial charge in [0, 0.05) is 6.54 Å². The summed E-state index contributed by atoms with van der Waals surface area (Å²) in [6, 6.07) is 12.3. The summed E-state index contributed by atoms with van der Waals surface area (Å²) >= 11 is 0. The van der Waals surface area contributed by atoms with E-state index in [9.17, 15) is 0 Å². The van der Waals surface area contributed by atoms with Gasteiger partial charge in [-0.2, -0.15) is 0 Å². The first-order chi connectivity index (χ1) is 8.79. The minimum absolute atomic E-state index is 0.214. The maximum absolute atomic E-state index is 5.41. The first-order valence-electron chi connectivity index (χ1n) is 6.28. The van der Waals surface area contributed by atoms with Crippen LogP contribution in [0, 0.1) is 0 Å². The van der Waals surface area contributed by atoms with Crippen molar-refractivity contribution in [3.05, 3.63) is 54.0 Å². The predicted octanol–water partition coefficient (Wildman–Crippen LogP) is 3.53. The van der Waals surface area contributed by atoms with Crippen LogP contribution in [0.25, 0.3) is 0 Å². The number of ether oxygens (including phenoxy) is 1. The van der Waals surface area contributed by atoms with Crippen LogP contribution in [-0.2, 0) is 6.54 Å². The minimum atomic E-state index is 0.214. The highest BCUT2D eigenvalue weighted by Crippen LogP contribution is 2.15. The van der Waals surface area contributed by atoms with Crippen molar-refractivity contribution in [3.63, 3.8) is 0 Å². The molecule has 0 amide bonds. The maximum Gasteiger partial charge on any atom is 0.120 e. The molecule has 0 aliphatic carbocycles. The zero-order valence-corrected chi connectivity index (χ0v) is 10.8. The molecule has 0 bridgehead atoms. The van der Waals surface area contributed by atoms with Crippen LogP contribution in [0.4, 0.5) is 0 Å². The molecule has 0 radical (unpaired) electrons. The lowest BCUT2D eigenvalue weighted by Crippen LogP contribution is -2.17. The highest BCUT2D eigenvalue weighted by molar-refractivity contribution is 5.27. The smallest absolute Gasteiger partial charge is 0.120 e. The molecule has 0 aliphatic heterocycles. The fourth-order valence-corrected chi connectivity index (χ4v) is 1.78. The lowest BCUT2D eigenvalue weighted by molar-refractivity contribution is 0.340. The van der Waals surface area contributed by atoms with Crippen molar-refractivity contribution in [2.75, 3.05) is 6.61 Å². The average molecular weight is 245 g/mol. The predicted molar refractivity (Wildman–Crippen MR) is 71.6 cm³/mol. The Bertz CT molecular complexity index is 448. The van der Waals surface area contributed by atoms with Crippen LogP contribution < -0.4 is 10.1 Å². The second kappa shape index (κ2) is 6.26. The molecule has 96 valence electrons. The Morgan fingerprint density at radius 3 is 2.61 bits per heavy atom. The summed E-state index contributed by atoms with van der Waals surface area (Å²) in [5, 5.41) is 3.42. The highest BCUT2D eigenvalue weighted by atomic mass is 16.5. The van der Waals surface area contributed by atoms with E-state index >= 15 is 0 Å². The van der Waals surface area contributed by atoms with Gasteiger partial charge < -0.3 is 14.5 Å². The first kappa shape index (κ1) is 12.7. The largest absolute Gasteiger partial charge is 0.494 e. The van der Waals surface area contributed by atoms with Gasteiger partial charge in [0.1, 0.15) is 11.5 Å². The van der Waals surface area contributed by atoms with E-state index in [-0.39, 0.29) is 6.04 Å². The van der Waals surface area contributed by atoms with Crippen LogP contribution in [0.1, 0.15) is 31.2 Å². The Labute approximate surface area is 108 Å². The van der Waals surface area contributed by atoms with E-state index in [0.29, 0.717) is 6.61 Å². The molecule has 3 nitrogen and oxygen atoms in total. The van der Waals surface area contributed by atoms with Crippen molar-refractivity contribution in [2.24, 2.45) is 0 Å². The average Bonchev–Trinajstić information content (AvgIpc) is 2.92. The summed E-state index contributed by atoms with van der Waals surface area (Å²) in [4.78, 5) is 0. The van der Waals surface area contributed by atoms with Crippen LogP contribution in [0.15, 0.2) is 47.1 Å². The zero-order chi connectivity index (χ0) is 12.8. The van der Waals surface area contributed by atoms with Gasteiger partial charge in [0.25, 0.3) is 0 Å². The normalized spacial score (nSPS) is 12.3. The van der Waals surface area contributed by atoms with E-state index in [1.807, 2.05) is 31.2 Å². The van der Waals surface area contributed by atoms with Gasteiger partial charge in [0.2, 0.25) is 0 Å². The third kappa shape index (κ3) is 3.37. The molecular weight excluding hydrogens is 226 g/mol. The zero-order valence-electron chi connectivity index (χ0n) is 10.8. The van der Waals surface area contributed by atoms with Crippen LogP contribution in [-0.4, -0.2) is 6.61 Å². The molecule has 1 aromatic carbocycles. The number of nitrogens with one attached hydrogen (secondary N) is 1. The molecule has 0 unspecified atom stereocenters. The highest BCUT2D eigenvalue weighted by Gasteiger charge is 2.06. The number of hydrogen-bond donors (Lipinski definition) is 1. The summed E-state index contributed by atoms with van der Waals surface area (Å²) in [6.45, 7) is 5.59. The van der Waals surface area contributed by atoms with Gasteiger partial charge in [-0.3, -0.25) is 0 Å². The van der Waals surface area contributed by atoms with Crippen LogP contribution in [0.2, 0.25) is 0 Å². The molecule has 1 N–H and O–H groups in total. The number of benzene rings is 1. The van der Waals surface area contributed by atoms with Crippen LogP contribution >= 0.6 is 0 Å².